The zero-order chi connectivity index (χ0) is 109. The number of phosphoric acid groups is 1. The van der Waals surface area contributed by atoms with Gasteiger partial charge >= 0.3 is 45.4 Å². The number of aliphatic hydroxyl groups is 1. The molecule has 7 amide bonds. The zero-order valence-corrected chi connectivity index (χ0v) is 87.7. The summed E-state index contributed by atoms with van der Waals surface area (Å²) in [6, 6.07) is 28.1. The summed E-state index contributed by atoms with van der Waals surface area (Å²) in [4.78, 5) is 214. The Morgan fingerprint density at radius 2 is 1.18 bits per heavy atom. The monoisotopic (exact) mass is 2110 g/mol. The van der Waals surface area contributed by atoms with Gasteiger partial charge in [0.15, 0.2) is 0 Å². The molecule has 0 bridgehead atoms. The van der Waals surface area contributed by atoms with Crippen molar-refractivity contribution < 1.29 is 159 Å². The summed E-state index contributed by atoms with van der Waals surface area (Å²) in [5, 5.41) is 71.0. The summed E-state index contributed by atoms with van der Waals surface area (Å²) in [5.41, 5.74) is 6.87. The van der Waals surface area contributed by atoms with Gasteiger partial charge in [0.1, 0.15) is 29.3 Å². The van der Waals surface area contributed by atoms with Gasteiger partial charge in [0, 0.05) is 115 Å². The molecular weight excluding hydrogens is 1960 g/mol. The number of unbranched alkanes of at least 4 members (excludes halogenated alkanes) is 2. The number of aromatic nitrogens is 3. The van der Waals surface area contributed by atoms with Crippen LogP contribution in [-0.4, -0.2) is 311 Å². The molecule has 0 saturated carbocycles. The Morgan fingerprint density at radius 1 is 0.592 bits per heavy atom. The van der Waals surface area contributed by atoms with Crippen molar-refractivity contribution in [2.45, 2.75) is 233 Å². The average molecular weight is 2110 g/mol. The molecule has 0 aliphatic carbocycles. The van der Waals surface area contributed by atoms with E-state index < -0.39 is 156 Å². The van der Waals surface area contributed by atoms with Crippen LogP contribution in [0.25, 0.3) is 22.5 Å². The van der Waals surface area contributed by atoms with Crippen molar-refractivity contribution >= 4 is 104 Å². The number of aliphatic hydroxyl groups excluding tert-OH is 1. The molecule has 4 aromatic carbocycles. The minimum absolute atomic E-state index is 0.00676. The van der Waals surface area contributed by atoms with Crippen LogP contribution in [0.5, 0.6) is 0 Å². The van der Waals surface area contributed by atoms with Crippen molar-refractivity contribution in [2.75, 3.05) is 125 Å². The summed E-state index contributed by atoms with van der Waals surface area (Å²) < 4.78 is 68.2. The molecule has 3 unspecified atom stereocenters. The Balaban J connectivity index is 0.000000592. The number of phosphoric ester groups is 1. The zero-order valence-electron chi connectivity index (χ0n) is 85.9. The standard InChI is InChI=1S/C61H82N6O24P2.C39H67N5O7.CO2/c68-47(25-30-86-33-35-88-37-38-89-36-34-87-31-26-48(69)39-44(59(75)76)19-22-53(70)63-51(61(79)80)13-8-29-90-92(81,82)41-46(60(77)78)20-24-55(72)73)21-23-54(71)66-40-45-10-3-4-11-49(45)57-56(50-12-5-6-14-52(50)66)64-65-67(57)28-7-1-2-9-42-15-17-43(18-16-42)58(74)62-27-32-91-93(83,84)85;1-13-25(6)34(43(10)39(49)33(24(4)5)42-38(48)32(40-9)23(2)3)30(50-11)21-31(45)44-20-19-29(22-44)36(51-12)26(7)37(47)41-27(8)35(46)28-17-15-14-16-18-28;2-1-3/h3-6,10-12,14-18,44,46,51H,1-2,7-9,13,19-41H2,(H,62,74)(H,63,70)(H,72,73)(H,75,76)(H,77,78)(H,79,80)(H,81,82)(H2,83,84,85);14-18,23-27,29-30,32-36,40,46H,13,19-22H2,1-12H3,(H,41,47)(H,42,48);/t44-,46?,51+;25-,26+,27+,29?,30+,32-,33-,34-,35+,36+;/m10./s1. The van der Waals surface area contributed by atoms with Crippen molar-refractivity contribution in [1.29, 1.82) is 0 Å². The van der Waals surface area contributed by atoms with Crippen LogP contribution in [0.1, 0.15) is 198 Å². The van der Waals surface area contributed by atoms with Gasteiger partial charge in [-0.05, 0) is 118 Å². The molecule has 147 heavy (non-hydrogen) atoms. The Morgan fingerprint density at radius 3 is 1.76 bits per heavy atom. The molecule has 1 saturated heterocycles. The van der Waals surface area contributed by atoms with Crippen molar-refractivity contribution in [3.8, 4) is 22.5 Å². The van der Waals surface area contributed by atoms with E-state index in [-0.39, 0.29) is 195 Å². The van der Waals surface area contributed by atoms with E-state index in [4.69, 9.17) is 57.4 Å². The topological polar surface area (TPSA) is 626 Å². The number of Topliss-reactive ketones (excluding diaryl/α,β-unsaturated/α-hetero) is 2. The lowest BCUT2D eigenvalue weighted by Gasteiger charge is -2.40. The highest BCUT2D eigenvalue weighted by Crippen LogP contribution is 2.46. The molecule has 816 valence electrons. The summed E-state index contributed by atoms with van der Waals surface area (Å²) in [6.45, 7) is 17.7. The van der Waals surface area contributed by atoms with Gasteiger partial charge in [-0.2, -0.15) is 9.59 Å². The van der Waals surface area contributed by atoms with Gasteiger partial charge in [-0.3, -0.25) is 66.6 Å². The van der Waals surface area contributed by atoms with Crippen LogP contribution in [0.15, 0.2) is 103 Å². The molecule has 46 heteroatoms. The number of hydrogen-bond acceptors (Lipinski definition) is 29. The number of carbonyl (C=O) groups excluding carboxylic acids is 11. The molecule has 5 aromatic rings. The van der Waals surface area contributed by atoms with E-state index in [0.29, 0.717) is 43.0 Å². The molecule has 1 fully saturated rings. The first-order chi connectivity index (χ1) is 69.9. The van der Waals surface area contributed by atoms with Gasteiger partial charge in [0.2, 0.25) is 35.4 Å². The number of carboxylic acids is 4. The minimum Gasteiger partial charge on any atom is -0.481 e. The molecule has 1 aromatic heterocycles. The predicted octanol–water partition coefficient (Wildman–Crippen LogP) is 8.27. The second-order valence-electron chi connectivity index (χ2n) is 36.9. The fourth-order valence-electron chi connectivity index (χ4n) is 17.2. The van der Waals surface area contributed by atoms with E-state index in [1.165, 1.54) is 0 Å². The third-order valence-electron chi connectivity index (χ3n) is 25.5. The number of carboxylic acid groups (broad SMARTS) is 4. The number of ether oxygens (including phenoxy) is 6. The van der Waals surface area contributed by atoms with Gasteiger partial charge in [-0.1, -0.05) is 151 Å². The number of aliphatic carboxylic acids is 4. The maximum atomic E-state index is 14.1. The van der Waals surface area contributed by atoms with E-state index in [9.17, 15) is 96.8 Å². The number of methoxy groups -OCH3 is 2. The fraction of sp³-hybridized carbons (Fsp3) is 0.604. The third-order valence-corrected chi connectivity index (χ3v) is 27.5. The van der Waals surface area contributed by atoms with Gasteiger partial charge in [-0.15, -0.1) is 5.10 Å². The van der Waals surface area contributed by atoms with Crippen molar-refractivity contribution in [2.24, 2.45) is 41.4 Å². The van der Waals surface area contributed by atoms with Crippen LogP contribution in [0.2, 0.25) is 0 Å². The quantitative estimate of drug-likeness (QED) is 0.0129. The molecule has 14 atom stereocenters. The summed E-state index contributed by atoms with van der Waals surface area (Å²) in [5.74, 6) is -11.7. The lowest BCUT2D eigenvalue weighted by molar-refractivity contribution is -0.192. The van der Waals surface area contributed by atoms with Gasteiger partial charge < -0.3 is 114 Å². The maximum absolute atomic E-state index is 14.1. The molecule has 0 radical (unpaired) electrons. The number of aryl methyl sites for hydroxylation is 2. The molecule has 2 aliphatic heterocycles. The number of likely N-dealkylation sites (tertiary alicyclic amines) is 1. The molecule has 7 rings (SSSR count). The highest BCUT2D eigenvalue weighted by Gasteiger charge is 2.43. The number of rotatable bonds is 68. The van der Waals surface area contributed by atoms with E-state index >= 15 is 0 Å². The SMILES string of the molecule is CC[C@H](C)[C@@H]([C@@H](CC(=O)N1CCC([C@H](OC)[C@@H](C)C(=O)N[C@H](C)[C@@H](O)c2ccccc2)C1)OC)N(C)C(=O)[C@@H](NC(=O)[C@@H](NC)C(C)C)C(C)C.O=C(O)CCC(CP(=O)(O)OCCC[C@H](NC(=O)CC[C@H](CC(=O)CCOCCOCCOCCOCCC(=O)CCC(=O)N1Cc2ccccc2-c2c(nnn2CCCCCc2ccc(C(=O)NCCOP(=O)(O)O)cc2)-c2ccccc21)C(=O)O)C(=O)O)C(=O)O.O=C=O. The maximum Gasteiger partial charge on any atom is 0.469 e. The van der Waals surface area contributed by atoms with E-state index in [1.807, 2.05) is 144 Å². The first-order valence-electron chi connectivity index (χ1n) is 49.5. The predicted molar refractivity (Wildman–Crippen MR) is 535 cm³/mol. The highest BCUT2D eigenvalue weighted by atomic mass is 31.2. The summed E-state index contributed by atoms with van der Waals surface area (Å²) in [6.07, 6.45) is -0.120. The average Bonchev–Trinajstić information content (AvgIpc) is 1.64. The summed E-state index contributed by atoms with van der Waals surface area (Å²) >= 11 is 0. The van der Waals surface area contributed by atoms with Gasteiger partial charge in [-0.25, -0.2) is 14.0 Å². The van der Waals surface area contributed by atoms with E-state index in [0.717, 1.165) is 65.6 Å². The van der Waals surface area contributed by atoms with Crippen LogP contribution < -0.4 is 31.5 Å². The molecule has 0 spiro atoms. The number of nitrogens with zero attached hydrogens (tertiary/aromatic N) is 6. The number of hydrogen-bond donors (Lipinski definition) is 13. The van der Waals surface area contributed by atoms with Crippen LogP contribution in [-0.2, 0) is 133 Å². The minimum atomic E-state index is -4.61. The van der Waals surface area contributed by atoms with Gasteiger partial charge in [0.05, 0.1) is 151 Å². The lowest BCUT2D eigenvalue weighted by Crippen LogP contribution is -2.59. The van der Waals surface area contributed by atoms with E-state index in [2.05, 4.69) is 41.4 Å². The summed E-state index contributed by atoms with van der Waals surface area (Å²) in [7, 11) is -2.49. The largest absolute Gasteiger partial charge is 0.481 e. The Labute approximate surface area is 857 Å². The number of nitrogens with one attached hydrogen (secondary N) is 5. The first kappa shape index (κ1) is 126. The second kappa shape index (κ2) is 66.3. The van der Waals surface area contributed by atoms with Crippen LogP contribution >= 0.6 is 15.4 Å². The smallest absolute Gasteiger partial charge is 0.469 e. The number of anilines is 1. The number of benzene rings is 4. The van der Waals surface area contributed by atoms with E-state index in [1.54, 1.807) is 62.1 Å². The number of para-hydroxylation sites is 1. The third kappa shape index (κ3) is 44.3. The molecule has 44 nitrogen and oxygen atoms in total. The van der Waals surface area contributed by atoms with Crippen molar-refractivity contribution in [3.05, 3.63) is 125 Å². The van der Waals surface area contributed by atoms with Crippen LogP contribution in [0.3, 0.4) is 0 Å². The molecule has 2 aliphatic rings. The molecule has 3 heterocycles. The normalized spacial score (nSPS) is 15.6. The molecular formula is C101H149N11O33P2. The second-order valence-corrected chi connectivity index (χ2v) is 40.1. The van der Waals surface area contributed by atoms with Gasteiger partial charge in [0.25, 0.3) is 5.91 Å². The Hall–Kier alpha value is -11.2. The van der Waals surface area contributed by atoms with Crippen LogP contribution in [0, 0.1) is 41.4 Å². The number of ketones is 2. The fourth-order valence-corrected chi connectivity index (χ4v) is 18.9. The van der Waals surface area contributed by atoms with Crippen molar-refractivity contribution in [1.82, 2.24) is 51.4 Å². The molecule has 13 N–H and O–H groups in total. The number of fused-ring (bicyclic) bond motifs is 5. The highest BCUT2D eigenvalue weighted by molar-refractivity contribution is 7.52. The number of likely N-dealkylation sites (N-methyl/N-ethyl adjacent to an activating group) is 2. The van der Waals surface area contributed by atoms with Crippen molar-refractivity contribution in [3.63, 3.8) is 0 Å². The Kier molecular flexibility index (Phi) is 57.0. The Bertz CT molecular complexity index is 5140. The lowest BCUT2D eigenvalue weighted by atomic mass is 9.89. The van der Waals surface area contributed by atoms with Crippen LogP contribution in [0.4, 0.5) is 5.69 Å². The number of carbonyl (C=O) groups is 13. The number of amides is 7. The first-order valence-corrected chi connectivity index (χ1v) is 52.7.